The van der Waals surface area contributed by atoms with E-state index in [0.717, 1.165) is 6.42 Å². The van der Waals surface area contributed by atoms with Crippen LogP contribution in [0, 0.1) is 0 Å². The Balaban J connectivity index is 1.97. The van der Waals surface area contributed by atoms with Crippen LogP contribution in [0.3, 0.4) is 0 Å². The van der Waals surface area contributed by atoms with Crippen LogP contribution in [0.4, 0.5) is 0 Å². The molecule has 0 unspecified atom stereocenters. The minimum absolute atomic E-state index is 1.07. The van der Waals surface area contributed by atoms with Crippen molar-refractivity contribution in [1.29, 1.82) is 0 Å². The van der Waals surface area contributed by atoms with Gasteiger partial charge in [-0.15, -0.1) is 0 Å². The van der Waals surface area contributed by atoms with Gasteiger partial charge in [-0.25, -0.2) is 0 Å². The molecule has 0 aromatic heterocycles. The maximum Gasteiger partial charge on any atom is -0.00550 e. The molecule has 0 heterocycles. The zero-order valence-electron chi connectivity index (χ0n) is 10.0. The summed E-state index contributed by atoms with van der Waals surface area (Å²) in [4.78, 5) is 0. The fourth-order valence-corrected chi connectivity index (χ4v) is 3.36. The summed E-state index contributed by atoms with van der Waals surface area (Å²) in [7, 11) is 0. The monoisotopic (exact) mass is 212 g/mol. The van der Waals surface area contributed by atoms with Crippen LogP contribution < -0.4 is 0 Å². The second-order valence-electron chi connectivity index (χ2n) is 5.28. The molecule has 0 aromatic carbocycles. The number of hydrogen-bond acceptors (Lipinski definition) is 0. The SMILES string of the molecule is C=C1CC=CC2=C1C1=C(CCCCCC1)C2. The Bertz CT molecular complexity index is 415. The third kappa shape index (κ3) is 1.61. The van der Waals surface area contributed by atoms with E-state index < -0.39 is 0 Å². The molecule has 0 spiro atoms. The van der Waals surface area contributed by atoms with Gasteiger partial charge in [0.1, 0.15) is 0 Å². The molecule has 0 atom stereocenters. The molecular weight excluding hydrogens is 192 g/mol. The summed E-state index contributed by atoms with van der Waals surface area (Å²) in [5, 5.41) is 0. The van der Waals surface area contributed by atoms with Crippen LogP contribution >= 0.6 is 0 Å². The fourth-order valence-electron chi connectivity index (χ4n) is 3.36. The lowest BCUT2D eigenvalue weighted by Gasteiger charge is -2.17. The standard InChI is InChI=1S/C16H20/c1-12-7-6-9-14-11-13-8-4-2-3-5-10-15(13)16(12)14/h6,9H,1-5,7-8,10-11H2. The van der Waals surface area contributed by atoms with Crippen molar-refractivity contribution in [2.75, 3.05) is 0 Å². The lowest BCUT2D eigenvalue weighted by Crippen LogP contribution is -1.98. The molecule has 16 heavy (non-hydrogen) atoms. The molecule has 0 radical (unpaired) electrons. The van der Waals surface area contributed by atoms with Gasteiger partial charge in [0.15, 0.2) is 0 Å². The van der Waals surface area contributed by atoms with Gasteiger partial charge in [-0.05, 0) is 60.8 Å². The van der Waals surface area contributed by atoms with Crippen molar-refractivity contribution in [3.8, 4) is 0 Å². The average molecular weight is 212 g/mol. The predicted molar refractivity (Wildman–Crippen MR) is 69.3 cm³/mol. The lowest BCUT2D eigenvalue weighted by molar-refractivity contribution is 0.614. The second-order valence-corrected chi connectivity index (χ2v) is 5.28. The van der Waals surface area contributed by atoms with Gasteiger partial charge in [-0.3, -0.25) is 0 Å². The van der Waals surface area contributed by atoms with Gasteiger partial charge >= 0.3 is 0 Å². The molecule has 84 valence electrons. The first-order valence-electron chi connectivity index (χ1n) is 6.65. The smallest absolute Gasteiger partial charge is 0.00550 e. The van der Waals surface area contributed by atoms with E-state index in [4.69, 9.17) is 0 Å². The fraction of sp³-hybridized carbons (Fsp3) is 0.500. The molecule has 0 saturated heterocycles. The molecule has 3 aliphatic rings. The predicted octanol–water partition coefficient (Wildman–Crippen LogP) is 4.85. The highest BCUT2D eigenvalue weighted by Gasteiger charge is 2.26. The first-order valence-corrected chi connectivity index (χ1v) is 6.65. The molecule has 0 heteroatoms. The minimum atomic E-state index is 1.07. The lowest BCUT2D eigenvalue weighted by atomic mass is 9.88. The van der Waals surface area contributed by atoms with Gasteiger partial charge < -0.3 is 0 Å². The summed E-state index contributed by atoms with van der Waals surface area (Å²) in [6.07, 6.45) is 15.2. The van der Waals surface area contributed by atoms with E-state index in [1.165, 1.54) is 50.5 Å². The van der Waals surface area contributed by atoms with Crippen LogP contribution in [0.5, 0.6) is 0 Å². The molecule has 3 aliphatic carbocycles. The van der Waals surface area contributed by atoms with E-state index in [2.05, 4.69) is 18.7 Å². The minimum Gasteiger partial charge on any atom is -0.0949 e. The molecule has 0 N–H and O–H groups in total. The number of allylic oxidation sites excluding steroid dienone is 7. The van der Waals surface area contributed by atoms with E-state index in [1.807, 2.05) is 0 Å². The highest BCUT2D eigenvalue weighted by atomic mass is 14.3. The Morgan fingerprint density at radius 3 is 2.69 bits per heavy atom. The van der Waals surface area contributed by atoms with E-state index in [-0.39, 0.29) is 0 Å². The van der Waals surface area contributed by atoms with Crippen molar-refractivity contribution in [3.63, 3.8) is 0 Å². The topological polar surface area (TPSA) is 0 Å². The summed E-state index contributed by atoms with van der Waals surface area (Å²) < 4.78 is 0. The summed E-state index contributed by atoms with van der Waals surface area (Å²) in [5.41, 5.74) is 7.90. The van der Waals surface area contributed by atoms with Crippen LogP contribution in [0.25, 0.3) is 0 Å². The van der Waals surface area contributed by atoms with Crippen LogP contribution in [0.2, 0.25) is 0 Å². The van der Waals surface area contributed by atoms with E-state index >= 15 is 0 Å². The van der Waals surface area contributed by atoms with Gasteiger partial charge in [0.05, 0.1) is 0 Å². The van der Waals surface area contributed by atoms with Crippen LogP contribution in [0.15, 0.2) is 46.6 Å². The van der Waals surface area contributed by atoms with Gasteiger partial charge in [0.25, 0.3) is 0 Å². The van der Waals surface area contributed by atoms with Crippen molar-refractivity contribution < 1.29 is 0 Å². The van der Waals surface area contributed by atoms with Crippen LogP contribution in [0.1, 0.15) is 51.4 Å². The molecule has 0 aliphatic heterocycles. The quantitative estimate of drug-likeness (QED) is 0.538. The van der Waals surface area contributed by atoms with E-state index in [9.17, 15) is 0 Å². The highest BCUT2D eigenvalue weighted by molar-refractivity contribution is 5.61. The Morgan fingerprint density at radius 1 is 1.00 bits per heavy atom. The number of fused-ring (bicyclic) bond motifs is 1. The number of rotatable bonds is 0. The van der Waals surface area contributed by atoms with Crippen molar-refractivity contribution >= 4 is 0 Å². The van der Waals surface area contributed by atoms with Crippen LogP contribution in [-0.2, 0) is 0 Å². The summed E-state index contributed by atoms with van der Waals surface area (Å²) >= 11 is 0. The largest absolute Gasteiger partial charge is 0.0949 e. The first-order chi connectivity index (χ1) is 7.86. The zero-order valence-corrected chi connectivity index (χ0v) is 10.0. The Hall–Kier alpha value is -1.04. The third-order valence-electron chi connectivity index (χ3n) is 4.15. The average Bonchev–Trinajstić information content (AvgIpc) is 2.57. The van der Waals surface area contributed by atoms with Gasteiger partial charge in [0.2, 0.25) is 0 Å². The number of hydrogen-bond donors (Lipinski definition) is 0. The first kappa shape index (κ1) is 10.1. The Labute approximate surface area is 98.4 Å². The molecule has 3 rings (SSSR count). The molecule has 0 nitrogen and oxygen atoms in total. The van der Waals surface area contributed by atoms with Gasteiger partial charge in [0, 0.05) is 0 Å². The van der Waals surface area contributed by atoms with Crippen molar-refractivity contribution in [1.82, 2.24) is 0 Å². The van der Waals surface area contributed by atoms with Gasteiger partial charge in [-0.1, -0.05) is 37.1 Å². The molecule has 0 amide bonds. The maximum absolute atomic E-state index is 4.26. The summed E-state index contributed by atoms with van der Waals surface area (Å²) in [6, 6.07) is 0. The molecular formula is C16H20. The Morgan fingerprint density at radius 2 is 1.81 bits per heavy atom. The van der Waals surface area contributed by atoms with Crippen LogP contribution in [-0.4, -0.2) is 0 Å². The van der Waals surface area contributed by atoms with Crippen molar-refractivity contribution in [2.45, 2.75) is 51.4 Å². The third-order valence-corrected chi connectivity index (χ3v) is 4.15. The molecule has 0 saturated carbocycles. The Kier molecular flexibility index (Phi) is 2.59. The van der Waals surface area contributed by atoms with E-state index in [1.54, 1.807) is 22.3 Å². The molecule has 0 bridgehead atoms. The highest BCUT2D eigenvalue weighted by Crippen LogP contribution is 2.44. The van der Waals surface area contributed by atoms with Gasteiger partial charge in [-0.2, -0.15) is 0 Å². The molecule has 0 aromatic rings. The maximum atomic E-state index is 4.26. The van der Waals surface area contributed by atoms with Crippen molar-refractivity contribution in [3.05, 3.63) is 46.6 Å². The summed E-state index contributed by atoms with van der Waals surface area (Å²) in [6.45, 7) is 4.26. The van der Waals surface area contributed by atoms with Crippen molar-refractivity contribution in [2.24, 2.45) is 0 Å². The normalized spacial score (nSPS) is 25.4. The zero-order chi connectivity index (χ0) is 11.0. The summed E-state index contributed by atoms with van der Waals surface area (Å²) in [5.74, 6) is 0. The van der Waals surface area contributed by atoms with E-state index in [0.29, 0.717) is 0 Å². The molecule has 0 fully saturated rings. The second kappa shape index (κ2) is 4.08.